The summed E-state index contributed by atoms with van der Waals surface area (Å²) in [6.45, 7) is -0.0321. The Balaban J connectivity index is 2.75. The molecule has 0 radical (unpaired) electrons. The van der Waals surface area contributed by atoms with Crippen LogP contribution < -0.4 is 11.1 Å². The van der Waals surface area contributed by atoms with Crippen LogP contribution in [-0.2, 0) is 4.79 Å². The van der Waals surface area contributed by atoms with E-state index < -0.39 is 17.8 Å². The van der Waals surface area contributed by atoms with Crippen LogP contribution in [0.15, 0.2) is 18.2 Å². The number of anilines is 1. The van der Waals surface area contributed by atoms with Crippen molar-refractivity contribution >= 4 is 11.7 Å². The lowest BCUT2D eigenvalue weighted by Gasteiger charge is -2.10. The van der Waals surface area contributed by atoms with E-state index >= 15 is 0 Å². The van der Waals surface area contributed by atoms with Crippen LogP contribution in [-0.4, -0.2) is 23.7 Å². The number of nitrogens with two attached hydrogens (primary N) is 1. The van der Waals surface area contributed by atoms with Gasteiger partial charge in [-0.1, -0.05) is 0 Å². The average molecular weight is 223 g/mol. The summed E-state index contributed by atoms with van der Waals surface area (Å²) >= 11 is 0. The normalized spacial score (nSPS) is 11.6. The van der Waals surface area contributed by atoms with Crippen LogP contribution >= 0.6 is 0 Å². The van der Waals surface area contributed by atoms with E-state index in [-0.39, 0.29) is 12.1 Å². The molecule has 1 atom stereocenters. The van der Waals surface area contributed by atoms with Crippen molar-refractivity contribution in [1.82, 2.24) is 0 Å². The molecule has 5 nitrogen and oxygen atoms in total. The number of halogens is 1. The summed E-state index contributed by atoms with van der Waals surface area (Å²) < 4.78 is 12.8. The lowest BCUT2D eigenvalue weighted by atomic mass is 10.2. The van der Waals surface area contributed by atoms with E-state index in [4.69, 9.17) is 16.1 Å². The van der Waals surface area contributed by atoms with Crippen LogP contribution in [0.3, 0.4) is 0 Å². The van der Waals surface area contributed by atoms with Gasteiger partial charge in [0.05, 0.1) is 11.3 Å². The quantitative estimate of drug-likeness (QED) is 0.691. The second-order valence-corrected chi connectivity index (χ2v) is 3.13. The number of nitrogens with one attached hydrogen (secondary N) is 1. The van der Waals surface area contributed by atoms with Gasteiger partial charge in [0.2, 0.25) is 0 Å². The summed E-state index contributed by atoms with van der Waals surface area (Å²) in [5.74, 6) is -1.67. The highest BCUT2D eigenvalue weighted by Crippen LogP contribution is 2.15. The molecular weight excluding hydrogens is 213 g/mol. The number of carboxylic acid groups (broad SMARTS) is 1. The first-order valence-electron chi connectivity index (χ1n) is 4.46. The largest absolute Gasteiger partial charge is 0.480 e. The Morgan fingerprint density at radius 1 is 1.69 bits per heavy atom. The van der Waals surface area contributed by atoms with Gasteiger partial charge in [0.1, 0.15) is 17.9 Å². The number of hydrogen-bond acceptors (Lipinski definition) is 4. The van der Waals surface area contributed by atoms with Crippen LogP contribution in [0.4, 0.5) is 10.1 Å². The minimum absolute atomic E-state index is 0.0321. The number of carboxylic acids is 1. The monoisotopic (exact) mass is 223 g/mol. The van der Waals surface area contributed by atoms with Crippen LogP contribution in [0.2, 0.25) is 0 Å². The first-order chi connectivity index (χ1) is 7.54. The summed E-state index contributed by atoms with van der Waals surface area (Å²) in [6.07, 6.45) is 0. The second-order valence-electron chi connectivity index (χ2n) is 3.13. The summed E-state index contributed by atoms with van der Waals surface area (Å²) in [6, 6.07) is 4.33. The van der Waals surface area contributed by atoms with Crippen molar-refractivity contribution in [3.05, 3.63) is 29.6 Å². The van der Waals surface area contributed by atoms with E-state index in [0.29, 0.717) is 5.69 Å². The lowest BCUT2D eigenvalue weighted by Crippen LogP contribution is -2.37. The van der Waals surface area contributed by atoms with Gasteiger partial charge >= 0.3 is 5.97 Å². The third kappa shape index (κ3) is 2.93. The van der Waals surface area contributed by atoms with Crippen LogP contribution in [0.25, 0.3) is 0 Å². The molecule has 84 valence electrons. The highest BCUT2D eigenvalue weighted by Gasteiger charge is 2.11. The zero-order valence-corrected chi connectivity index (χ0v) is 8.27. The number of benzene rings is 1. The van der Waals surface area contributed by atoms with Gasteiger partial charge in [-0.2, -0.15) is 5.26 Å². The average Bonchev–Trinajstić information content (AvgIpc) is 2.26. The molecule has 0 fully saturated rings. The van der Waals surface area contributed by atoms with Gasteiger partial charge in [-0.05, 0) is 18.2 Å². The van der Waals surface area contributed by atoms with E-state index in [0.717, 1.165) is 6.07 Å². The predicted molar refractivity (Wildman–Crippen MR) is 55.2 cm³/mol. The number of hydrogen-bond donors (Lipinski definition) is 3. The fraction of sp³-hybridized carbons (Fsp3) is 0.200. The van der Waals surface area contributed by atoms with Gasteiger partial charge in [0.25, 0.3) is 0 Å². The smallest absolute Gasteiger partial charge is 0.322 e. The molecule has 0 aliphatic rings. The van der Waals surface area contributed by atoms with Gasteiger partial charge < -0.3 is 16.2 Å². The van der Waals surface area contributed by atoms with Crippen LogP contribution in [0.5, 0.6) is 0 Å². The standard InChI is InChI=1S/C10H10FN3O2/c11-7-1-2-9(6(3-7)4-12)14-5-8(13)10(15)16/h1-3,8,14H,5,13H2,(H,15,16). The fourth-order valence-electron chi connectivity index (χ4n) is 1.07. The van der Waals surface area contributed by atoms with Crippen molar-refractivity contribution in [2.45, 2.75) is 6.04 Å². The number of rotatable bonds is 4. The van der Waals surface area contributed by atoms with Crippen LogP contribution in [0.1, 0.15) is 5.56 Å². The maximum Gasteiger partial charge on any atom is 0.322 e. The zero-order chi connectivity index (χ0) is 12.1. The fourth-order valence-corrected chi connectivity index (χ4v) is 1.07. The summed E-state index contributed by atoms with van der Waals surface area (Å²) in [7, 11) is 0. The molecule has 4 N–H and O–H groups in total. The van der Waals surface area contributed by atoms with Gasteiger partial charge in [0.15, 0.2) is 0 Å². The molecule has 1 aromatic carbocycles. The van der Waals surface area contributed by atoms with Crippen molar-refractivity contribution in [3.8, 4) is 6.07 Å². The molecule has 0 saturated heterocycles. The SMILES string of the molecule is N#Cc1cc(F)ccc1NCC(N)C(=O)O. The maximum absolute atomic E-state index is 12.8. The Labute approximate surface area is 91.3 Å². The highest BCUT2D eigenvalue weighted by molar-refractivity contribution is 5.74. The molecule has 0 saturated carbocycles. The second kappa shape index (κ2) is 5.09. The molecule has 1 unspecified atom stereocenters. The summed E-state index contributed by atoms with van der Waals surface area (Å²) in [5, 5.41) is 19.9. The first-order valence-corrected chi connectivity index (χ1v) is 4.46. The summed E-state index contributed by atoms with van der Waals surface area (Å²) in [4.78, 5) is 10.4. The lowest BCUT2D eigenvalue weighted by molar-refractivity contribution is -0.138. The van der Waals surface area contributed by atoms with E-state index in [1.807, 2.05) is 0 Å². The van der Waals surface area contributed by atoms with Gasteiger partial charge in [-0.15, -0.1) is 0 Å². The first kappa shape index (κ1) is 11.9. The Bertz CT molecular complexity index is 442. The molecule has 0 aliphatic carbocycles. The molecule has 1 aromatic rings. The highest BCUT2D eigenvalue weighted by atomic mass is 19.1. The van der Waals surface area contributed by atoms with Crippen molar-refractivity contribution < 1.29 is 14.3 Å². The molecule has 0 heterocycles. The molecule has 16 heavy (non-hydrogen) atoms. The molecule has 0 aliphatic heterocycles. The third-order valence-electron chi connectivity index (χ3n) is 1.93. The van der Waals surface area contributed by atoms with Gasteiger partial charge in [-0.3, -0.25) is 4.79 Å². The Morgan fingerprint density at radius 2 is 2.38 bits per heavy atom. The van der Waals surface area contributed by atoms with E-state index in [1.165, 1.54) is 12.1 Å². The number of nitrogens with zero attached hydrogens (tertiary/aromatic N) is 1. The van der Waals surface area contributed by atoms with E-state index in [1.54, 1.807) is 6.07 Å². The third-order valence-corrected chi connectivity index (χ3v) is 1.93. The zero-order valence-electron chi connectivity index (χ0n) is 8.27. The Morgan fingerprint density at radius 3 is 2.94 bits per heavy atom. The number of nitriles is 1. The molecule has 1 rings (SSSR count). The van der Waals surface area contributed by atoms with Crippen LogP contribution in [0, 0.1) is 17.1 Å². The Kier molecular flexibility index (Phi) is 3.80. The number of carbonyl (C=O) groups is 1. The summed E-state index contributed by atoms with van der Waals surface area (Å²) in [5.41, 5.74) is 5.74. The van der Waals surface area contributed by atoms with Crippen molar-refractivity contribution in [3.63, 3.8) is 0 Å². The van der Waals surface area contributed by atoms with E-state index in [9.17, 15) is 9.18 Å². The molecule has 0 amide bonds. The minimum atomic E-state index is -1.15. The van der Waals surface area contributed by atoms with Crippen molar-refractivity contribution in [1.29, 1.82) is 5.26 Å². The van der Waals surface area contributed by atoms with Gasteiger partial charge in [0, 0.05) is 6.54 Å². The topological polar surface area (TPSA) is 99.1 Å². The molecule has 0 spiro atoms. The molecule has 0 bridgehead atoms. The Hall–Kier alpha value is -2.13. The van der Waals surface area contributed by atoms with E-state index in [2.05, 4.69) is 5.32 Å². The molecule has 6 heteroatoms. The van der Waals surface area contributed by atoms with Gasteiger partial charge in [-0.25, -0.2) is 4.39 Å². The van der Waals surface area contributed by atoms with Crippen molar-refractivity contribution in [2.75, 3.05) is 11.9 Å². The predicted octanol–water partition coefficient (Wildman–Crippen LogP) is 0.521. The van der Waals surface area contributed by atoms with Crippen molar-refractivity contribution in [2.24, 2.45) is 5.73 Å². The molecular formula is C10H10FN3O2. The minimum Gasteiger partial charge on any atom is -0.480 e. The molecule has 0 aromatic heterocycles. The number of aliphatic carboxylic acids is 1. The maximum atomic E-state index is 12.8.